The van der Waals surface area contributed by atoms with Crippen LogP contribution in [0.3, 0.4) is 0 Å². The molecule has 0 unspecified atom stereocenters. The van der Waals surface area contributed by atoms with Gasteiger partial charge < -0.3 is 34.1 Å². The van der Waals surface area contributed by atoms with E-state index < -0.39 is 89.7 Å². The average molecular weight is 1170 g/mol. The second kappa shape index (κ2) is 23.8. The minimum absolute atomic E-state index is 0.0345. The Balaban J connectivity index is 1.07. The number of alkyl halides is 6. The van der Waals surface area contributed by atoms with Gasteiger partial charge >= 0.3 is 18.3 Å². The number of carbonyl (C=O) groups excluding carboxylic acids is 4. The predicted molar refractivity (Wildman–Crippen MR) is 291 cm³/mol. The van der Waals surface area contributed by atoms with E-state index in [-0.39, 0.29) is 90.4 Å². The quantitative estimate of drug-likeness (QED) is 0.0781. The number of nitrogens with one attached hydrogen (secondary N) is 2. The molecule has 9 rings (SSSR count). The summed E-state index contributed by atoms with van der Waals surface area (Å²) in [5.74, 6) is 0.475. The van der Waals surface area contributed by atoms with Crippen LogP contribution in [0, 0.1) is 40.8 Å². The van der Waals surface area contributed by atoms with Crippen LogP contribution in [0.4, 0.5) is 36.4 Å². The number of ether oxygens (including phenoxy) is 2. The van der Waals surface area contributed by atoms with Gasteiger partial charge in [0.05, 0.1) is 52.2 Å². The third-order valence-corrected chi connectivity index (χ3v) is 16.5. The highest BCUT2D eigenvalue weighted by atomic mass is 32.1. The Kier molecular flexibility index (Phi) is 17.4. The Morgan fingerprint density at radius 2 is 1.74 bits per heavy atom. The molecule has 3 aliphatic heterocycles. The van der Waals surface area contributed by atoms with Crippen LogP contribution in [0.2, 0.25) is 0 Å². The standard InChI is InChI=1S/C57H66F7N11O6S/c1-31(2)49(72(7)52(77)34-20-33(21-34)11-12-46-65-14-13-45(69-46)57(62,63)64)51(76)68-42-25-47-67-43(28-82-47)37-23-36-39(26-55(4,5)30-81-54(79)41-10-9-15-75(70-41)53(42)78)50(74(29-56(59,60)61)44(36)24-40(37)58)38-22-35(27-66-48(38)32(3)80-8)73-18-16-71(6)17-19-73/h13-14,22-24,27-28,31-34,41-42,49,70H,9-10,15-21,25-26,29-30H2,1-8H3,(H,68,76)/t32-,33?,34?,41-,42-,49-/m0/s1. The van der Waals surface area contributed by atoms with Crippen LogP contribution < -0.4 is 15.6 Å². The van der Waals surface area contributed by atoms with E-state index in [4.69, 9.17) is 19.4 Å². The number of fused-ring (bicyclic) bond motifs is 6. The minimum atomic E-state index is -4.77. The predicted octanol–water partition coefficient (Wildman–Crippen LogP) is 8.01. The van der Waals surface area contributed by atoms with Crippen LogP contribution in [0.25, 0.3) is 33.4 Å². The van der Waals surface area contributed by atoms with E-state index in [1.165, 1.54) is 30.1 Å². The molecule has 2 saturated heterocycles. The number of amides is 3. The summed E-state index contributed by atoms with van der Waals surface area (Å²) in [4.78, 5) is 80.0. The molecule has 3 fully saturated rings. The maximum atomic E-state index is 17.0. The second-order valence-electron chi connectivity index (χ2n) is 22.9. The summed E-state index contributed by atoms with van der Waals surface area (Å²) in [7, 11) is 4.97. The molecule has 7 heterocycles. The molecule has 1 aliphatic carbocycles. The maximum Gasteiger partial charge on any atom is 0.433 e. The van der Waals surface area contributed by atoms with Gasteiger partial charge in [-0.2, -0.15) is 26.3 Å². The molecule has 4 aliphatic rings. The van der Waals surface area contributed by atoms with E-state index in [0.717, 1.165) is 47.3 Å². The number of hydrogen-bond acceptors (Lipinski definition) is 14. The third-order valence-electron chi connectivity index (χ3n) is 15.7. The Morgan fingerprint density at radius 3 is 2.43 bits per heavy atom. The Morgan fingerprint density at radius 1 is 1.01 bits per heavy atom. The van der Waals surface area contributed by atoms with Gasteiger partial charge in [-0.05, 0) is 87.7 Å². The van der Waals surface area contributed by atoms with Crippen molar-refractivity contribution in [2.75, 3.05) is 65.4 Å². The molecule has 17 nitrogen and oxygen atoms in total. The van der Waals surface area contributed by atoms with Crippen molar-refractivity contribution < 1.29 is 59.4 Å². The molecular formula is C57H66F7N11O6S. The van der Waals surface area contributed by atoms with Crippen molar-refractivity contribution in [3.8, 4) is 34.4 Å². The molecule has 3 amide bonds. The lowest BCUT2D eigenvalue weighted by Crippen LogP contribution is -2.62. The van der Waals surface area contributed by atoms with Crippen LogP contribution >= 0.6 is 11.3 Å². The molecule has 1 saturated carbocycles. The number of thiazole rings is 1. The number of pyridine rings is 1. The molecule has 6 bridgehead atoms. The van der Waals surface area contributed by atoms with E-state index in [1.54, 1.807) is 32.3 Å². The first-order chi connectivity index (χ1) is 38.7. The number of hydrogen-bond donors (Lipinski definition) is 2. The fraction of sp³-hybridized carbons (Fsp3) is 0.544. The van der Waals surface area contributed by atoms with Crippen LogP contribution in [-0.4, -0.2) is 148 Å². The van der Waals surface area contributed by atoms with Gasteiger partial charge in [0.1, 0.15) is 36.2 Å². The molecular weight excluding hydrogens is 1100 g/mol. The van der Waals surface area contributed by atoms with Gasteiger partial charge in [0.25, 0.3) is 5.91 Å². The zero-order valence-corrected chi connectivity index (χ0v) is 47.6. The Bertz CT molecular complexity index is 3290. The molecule has 440 valence electrons. The zero-order valence-electron chi connectivity index (χ0n) is 46.8. The first-order valence-corrected chi connectivity index (χ1v) is 28.1. The van der Waals surface area contributed by atoms with Gasteiger partial charge in [-0.1, -0.05) is 33.6 Å². The smallest absolute Gasteiger partial charge is 0.433 e. The summed E-state index contributed by atoms with van der Waals surface area (Å²) in [5, 5.41) is 6.27. The van der Waals surface area contributed by atoms with Crippen LogP contribution in [0.1, 0.15) is 94.2 Å². The lowest BCUT2D eigenvalue weighted by Gasteiger charge is -2.39. The van der Waals surface area contributed by atoms with E-state index in [2.05, 4.69) is 42.4 Å². The van der Waals surface area contributed by atoms with Crippen molar-refractivity contribution in [2.24, 2.45) is 23.2 Å². The molecule has 0 radical (unpaired) electrons. The van der Waals surface area contributed by atoms with Crippen molar-refractivity contribution in [2.45, 2.75) is 116 Å². The number of hydrazine groups is 1. The Labute approximate surface area is 474 Å². The average Bonchev–Trinajstić information content (AvgIpc) is 2.10. The van der Waals surface area contributed by atoms with E-state index in [1.807, 2.05) is 27.0 Å². The molecule has 2 N–H and O–H groups in total. The third kappa shape index (κ3) is 13.2. The van der Waals surface area contributed by atoms with Crippen molar-refractivity contribution >= 4 is 51.6 Å². The number of benzene rings is 1. The van der Waals surface area contributed by atoms with Crippen LogP contribution in [0.15, 0.2) is 42.0 Å². The molecule has 0 spiro atoms. The number of cyclic esters (lactones) is 1. The van der Waals surface area contributed by atoms with E-state index in [9.17, 15) is 32.3 Å². The number of anilines is 1. The lowest BCUT2D eigenvalue weighted by atomic mass is 9.74. The van der Waals surface area contributed by atoms with Crippen molar-refractivity contribution in [1.82, 2.24) is 50.1 Å². The summed E-state index contributed by atoms with van der Waals surface area (Å²) in [6, 6.07) is 1.67. The van der Waals surface area contributed by atoms with Gasteiger partial charge in [-0.3, -0.25) is 29.2 Å². The highest BCUT2D eigenvalue weighted by molar-refractivity contribution is 7.10. The molecule has 4 atom stereocenters. The normalized spacial score (nSPS) is 21.7. The number of rotatable bonds is 10. The number of nitrogens with zero attached hydrogens (tertiary/aromatic N) is 9. The number of likely N-dealkylation sites (N-methyl/N-ethyl adjacent to an activating group) is 2. The number of esters is 1. The maximum absolute atomic E-state index is 17.0. The van der Waals surface area contributed by atoms with Gasteiger partial charge in [-0.15, -0.1) is 11.3 Å². The van der Waals surface area contributed by atoms with Gasteiger partial charge in [0.15, 0.2) is 0 Å². The largest absolute Gasteiger partial charge is 0.464 e. The fourth-order valence-electron chi connectivity index (χ4n) is 11.2. The minimum Gasteiger partial charge on any atom is -0.464 e. The highest BCUT2D eigenvalue weighted by Crippen LogP contribution is 2.45. The second-order valence-corrected chi connectivity index (χ2v) is 23.8. The topological polar surface area (TPSA) is 180 Å². The molecule has 82 heavy (non-hydrogen) atoms. The number of methoxy groups -OCH3 is 1. The first-order valence-electron chi connectivity index (χ1n) is 27.2. The molecule has 5 aromatic rings. The summed E-state index contributed by atoms with van der Waals surface area (Å²) in [5.41, 5.74) is 2.96. The summed E-state index contributed by atoms with van der Waals surface area (Å²) in [6.07, 6.45) is -6.47. The number of aromatic nitrogens is 5. The number of halogens is 7. The number of carbonyl (C=O) groups is 4. The van der Waals surface area contributed by atoms with Gasteiger partial charge in [0.2, 0.25) is 17.6 Å². The highest BCUT2D eigenvalue weighted by Gasteiger charge is 2.43. The van der Waals surface area contributed by atoms with E-state index in [0.29, 0.717) is 47.4 Å². The SMILES string of the molecule is CO[C@@H](C)c1ncc(N2CCN(C)CC2)cc1-c1c2c3cc(c(F)cc3n1CC(F)(F)F)-c1csc(n1)C[C@H](NC(=O)[C@H](C(C)C)N(C)C(=O)C1CC(C#Cc3nccc(C(F)(F)F)n3)C1)C(=O)N1CCC[C@H](N1)C(=O)OCC(C)(C)C2. The lowest BCUT2D eigenvalue weighted by molar-refractivity contribution is -0.155. The summed E-state index contributed by atoms with van der Waals surface area (Å²) >= 11 is 1.08. The summed E-state index contributed by atoms with van der Waals surface area (Å²) in [6.45, 7) is 10.1. The van der Waals surface area contributed by atoms with Crippen LogP contribution in [-0.2, 0) is 54.2 Å². The van der Waals surface area contributed by atoms with Crippen LogP contribution in [0.5, 0.6) is 0 Å². The van der Waals surface area contributed by atoms with Crippen molar-refractivity contribution in [3.05, 3.63) is 75.6 Å². The fourth-order valence-corrected chi connectivity index (χ4v) is 12.0. The van der Waals surface area contributed by atoms with E-state index >= 15 is 17.6 Å². The van der Waals surface area contributed by atoms with Crippen molar-refractivity contribution in [1.29, 1.82) is 0 Å². The number of piperazine rings is 1. The zero-order chi connectivity index (χ0) is 59.2. The van der Waals surface area contributed by atoms with Crippen molar-refractivity contribution in [3.63, 3.8) is 0 Å². The first kappa shape index (κ1) is 59.9. The molecule has 1 aromatic carbocycles. The Hall–Kier alpha value is -6.75. The molecule has 4 aromatic heterocycles. The summed E-state index contributed by atoms with van der Waals surface area (Å²) < 4.78 is 115. The van der Waals surface area contributed by atoms with Gasteiger partial charge in [-0.25, -0.2) is 24.8 Å². The van der Waals surface area contributed by atoms with Gasteiger partial charge in [0, 0.05) is 98.6 Å². The molecule has 25 heteroatoms. The monoisotopic (exact) mass is 1170 g/mol.